The summed E-state index contributed by atoms with van der Waals surface area (Å²) in [5.41, 5.74) is 8.03. The summed E-state index contributed by atoms with van der Waals surface area (Å²) in [6.45, 7) is 5.09. The number of aromatic nitrogens is 4. The summed E-state index contributed by atoms with van der Waals surface area (Å²) in [5.74, 6) is 1.57. The summed E-state index contributed by atoms with van der Waals surface area (Å²) in [4.78, 5) is 19.1. The molecule has 0 aliphatic carbocycles. The van der Waals surface area contributed by atoms with E-state index in [9.17, 15) is 4.79 Å². The van der Waals surface area contributed by atoms with Crippen LogP contribution in [0.4, 0.5) is 0 Å². The van der Waals surface area contributed by atoms with Crippen molar-refractivity contribution in [2.75, 3.05) is 0 Å². The zero-order chi connectivity index (χ0) is 24.6. The average molecular weight is 477 g/mol. The zero-order valence-electron chi connectivity index (χ0n) is 20.0. The third kappa shape index (κ3) is 3.94. The summed E-state index contributed by atoms with van der Waals surface area (Å²) in [5, 5.41) is 3.93. The molecule has 3 aromatic carbocycles. The smallest absolute Gasteiger partial charge is 0.439 e. The minimum Gasteiger partial charge on any atom is -0.488 e. The first-order valence-electron chi connectivity index (χ1n) is 11.8. The monoisotopic (exact) mass is 476 g/mol. The van der Waals surface area contributed by atoms with Gasteiger partial charge in [-0.2, -0.15) is 0 Å². The Morgan fingerprint density at radius 3 is 2.64 bits per heavy atom. The number of nitrogens with zero attached hydrogens (tertiary/aromatic N) is 3. The molecule has 0 amide bonds. The van der Waals surface area contributed by atoms with E-state index in [2.05, 4.69) is 51.2 Å². The first-order valence-corrected chi connectivity index (χ1v) is 11.8. The molecule has 7 heteroatoms. The molecule has 0 atom stereocenters. The Kier molecular flexibility index (Phi) is 5.37. The van der Waals surface area contributed by atoms with Crippen molar-refractivity contribution < 1.29 is 9.26 Å². The Labute approximate surface area is 207 Å². The third-order valence-corrected chi connectivity index (χ3v) is 6.55. The van der Waals surface area contributed by atoms with E-state index in [0.717, 1.165) is 56.2 Å². The lowest BCUT2D eigenvalue weighted by Crippen LogP contribution is -2.04. The fourth-order valence-electron chi connectivity index (χ4n) is 4.74. The molecular weight excluding hydrogens is 452 g/mol. The number of aromatic amines is 1. The lowest BCUT2D eigenvalue weighted by atomic mass is 9.89. The maximum atomic E-state index is 11.6. The third-order valence-electron chi connectivity index (χ3n) is 6.55. The number of fused-ring (bicyclic) bond motifs is 2. The Morgan fingerprint density at radius 1 is 1.03 bits per heavy atom. The molecule has 0 spiro atoms. The second-order valence-electron chi connectivity index (χ2n) is 8.89. The highest BCUT2D eigenvalue weighted by molar-refractivity contribution is 5.99. The van der Waals surface area contributed by atoms with Crippen molar-refractivity contribution >= 4 is 11.1 Å². The summed E-state index contributed by atoms with van der Waals surface area (Å²) in [7, 11) is 0. The maximum Gasteiger partial charge on any atom is 0.439 e. The van der Waals surface area contributed by atoms with Gasteiger partial charge in [-0.3, -0.25) is 9.51 Å². The quantitative estimate of drug-likeness (QED) is 0.373. The van der Waals surface area contributed by atoms with E-state index in [-0.39, 0.29) is 0 Å². The van der Waals surface area contributed by atoms with Crippen LogP contribution in [-0.4, -0.2) is 19.7 Å². The molecule has 36 heavy (non-hydrogen) atoms. The van der Waals surface area contributed by atoms with E-state index in [0.29, 0.717) is 19.0 Å². The number of aryl methyl sites for hydroxylation is 1. The maximum absolute atomic E-state index is 11.6. The Morgan fingerprint density at radius 2 is 1.83 bits per heavy atom. The molecule has 0 unspecified atom stereocenters. The number of hydrogen-bond donors (Lipinski definition) is 1. The zero-order valence-corrected chi connectivity index (χ0v) is 20.0. The van der Waals surface area contributed by atoms with Crippen molar-refractivity contribution in [3.05, 3.63) is 123 Å². The van der Waals surface area contributed by atoms with Gasteiger partial charge in [0.05, 0.1) is 5.69 Å². The molecule has 0 saturated carbocycles. The van der Waals surface area contributed by atoms with E-state index >= 15 is 0 Å². The highest BCUT2D eigenvalue weighted by Crippen LogP contribution is 2.40. The van der Waals surface area contributed by atoms with Crippen LogP contribution in [0.25, 0.3) is 22.4 Å². The Hall–Kier alpha value is -4.65. The molecule has 1 N–H and O–H groups in total. The van der Waals surface area contributed by atoms with Crippen molar-refractivity contribution in [1.29, 1.82) is 0 Å². The van der Waals surface area contributed by atoms with Gasteiger partial charge in [0.2, 0.25) is 0 Å². The van der Waals surface area contributed by atoms with Crippen LogP contribution in [0.2, 0.25) is 0 Å². The molecule has 0 fully saturated rings. The van der Waals surface area contributed by atoms with Gasteiger partial charge in [-0.1, -0.05) is 65.8 Å². The van der Waals surface area contributed by atoms with E-state index < -0.39 is 5.76 Å². The summed E-state index contributed by atoms with van der Waals surface area (Å²) in [6.07, 6.45) is 2.10. The number of rotatable bonds is 4. The van der Waals surface area contributed by atoms with Gasteiger partial charge in [0, 0.05) is 29.4 Å². The number of allylic oxidation sites excluding steroid dienone is 1. The van der Waals surface area contributed by atoms with Gasteiger partial charge in [0.15, 0.2) is 5.82 Å². The average Bonchev–Trinajstić information content (AvgIpc) is 3.45. The van der Waals surface area contributed by atoms with Gasteiger partial charge in [-0.05, 0) is 48.2 Å². The van der Waals surface area contributed by atoms with Gasteiger partial charge in [0.25, 0.3) is 0 Å². The number of ether oxygens (including phenoxy) is 1. The summed E-state index contributed by atoms with van der Waals surface area (Å²) < 4.78 is 13.2. The first-order chi connectivity index (χ1) is 17.6. The predicted molar refractivity (Wildman–Crippen MR) is 137 cm³/mol. The first kappa shape index (κ1) is 21.9. The second kappa shape index (κ2) is 8.85. The van der Waals surface area contributed by atoms with Crippen LogP contribution < -0.4 is 10.5 Å². The number of imidazole rings is 1. The van der Waals surface area contributed by atoms with Crippen LogP contribution in [0.5, 0.6) is 5.75 Å². The van der Waals surface area contributed by atoms with Crippen molar-refractivity contribution in [3.8, 4) is 17.0 Å². The molecule has 1 aliphatic heterocycles. The normalized spacial score (nSPS) is 13.9. The Balaban J connectivity index is 1.41. The molecular formula is C29H24N4O3. The fraction of sp³-hybridized carbons (Fsp3) is 0.138. The van der Waals surface area contributed by atoms with Crippen LogP contribution in [0.15, 0.2) is 88.3 Å². The fourth-order valence-corrected chi connectivity index (χ4v) is 4.74. The Bertz CT molecular complexity index is 1660. The van der Waals surface area contributed by atoms with Crippen LogP contribution in [-0.2, 0) is 13.2 Å². The summed E-state index contributed by atoms with van der Waals surface area (Å²) >= 11 is 0. The minimum atomic E-state index is -0.579. The number of nitrogens with one attached hydrogen (secondary N) is 1. The van der Waals surface area contributed by atoms with Gasteiger partial charge in [-0.15, -0.1) is 0 Å². The lowest BCUT2D eigenvalue weighted by Gasteiger charge is -2.14. The van der Waals surface area contributed by atoms with Crippen LogP contribution in [0.1, 0.15) is 40.8 Å². The molecule has 7 nitrogen and oxygen atoms in total. The molecule has 0 bridgehead atoms. The molecule has 6 rings (SSSR count). The molecule has 2 aromatic heterocycles. The molecule has 0 radical (unpaired) electrons. The van der Waals surface area contributed by atoms with E-state index in [1.165, 1.54) is 0 Å². The topological polar surface area (TPSA) is 85.9 Å². The lowest BCUT2D eigenvalue weighted by molar-refractivity contribution is 0.307. The van der Waals surface area contributed by atoms with E-state index in [4.69, 9.17) is 14.2 Å². The predicted octanol–water partition coefficient (Wildman–Crippen LogP) is 5.45. The standard InChI is InChI=1S/C29H24N4O3/c1-18(28-31-29(34)36-32-28)27-23-13-12-20(14-22(23)17-35-26-11-7-6-10-24(26)27)15-33-16-25(30-19(33)2)21-8-4-3-5-9-21/h3-14,16H,15,17H2,1-2H3,(H,31,32,34)/b27-18+. The minimum absolute atomic E-state index is 0.407. The SMILES string of the molecule is C/C(=C1/c2ccc(Cn3cc(-c4ccccc4)nc3C)cc2COc2ccccc21)c1noc(=O)[nH]1. The van der Waals surface area contributed by atoms with Gasteiger partial charge < -0.3 is 9.30 Å². The van der Waals surface area contributed by atoms with Crippen molar-refractivity contribution in [2.24, 2.45) is 0 Å². The van der Waals surface area contributed by atoms with E-state index in [1.54, 1.807) is 0 Å². The number of benzene rings is 3. The van der Waals surface area contributed by atoms with Crippen LogP contribution >= 0.6 is 0 Å². The summed E-state index contributed by atoms with van der Waals surface area (Å²) in [6, 6.07) is 24.6. The van der Waals surface area contributed by atoms with Crippen molar-refractivity contribution in [3.63, 3.8) is 0 Å². The van der Waals surface area contributed by atoms with Crippen LogP contribution in [0.3, 0.4) is 0 Å². The highest BCUT2D eigenvalue weighted by atomic mass is 16.5. The molecule has 3 heterocycles. The number of para-hydroxylation sites is 1. The van der Waals surface area contributed by atoms with Crippen LogP contribution in [0, 0.1) is 6.92 Å². The van der Waals surface area contributed by atoms with Gasteiger partial charge in [0.1, 0.15) is 18.2 Å². The largest absolute Gasteiger partial charge is 0.488 e. The number of H-pyrrole nitrogens is 1. The van der Waals surface area contributed by atoms with Gasteiger partial charge in [-0.25, -0.2) is 9.78 Å². The van der Waals surface area contributed by atoms with Crippen molar-refractivity contribution in [2.45, 2.75) is 27.0 Å². The molecule has 0 saturated heterocycles. The highest BCUT2D eigenvalue weighted by Gasteiger charge is 2.23. The van der Waals surface area contributed by atoms with Gasteiger partial charge >= 0.3 is 5.76 Å². The van der Waals surface area contributed by atoms with Crippen molar-refractivity contribution in [1.82, 2.24) is 19.7 Å². The molecule has 178 valence electrons. The van der Waals surface area contributed by atoms with E-state index in [1.807, 2.05) is 56.3 Å². The molecule has 1 aliphatic rings. The molecule has 5 aromatic rings. The number of hydrogen-bond acceptors (Lipinski definition) is 5. The second-order valence-corrected chi connectivity index (χ2v) is 8.89.